The molecule has 0 radical (unpaired) electrons. The summed E-state index contributed by atoms with van der Waals surface area (Å²) in [4.78, 5) is 24.7. The highest BCUT2D eigenvalue weighted by atomic mass is 19.4. The monoisotopic (exact) mass is 462 g/mol. The molecule has 4 rings (SSSR count). The lowest BCUT2D eigenvalue weighted by Gasteiger charge is -2.35. The molecule has 33 heavy (non-hydrogen) atoms. The number of methoxy groups -OCH3 is 1. The second kappa shape index (κ2) is 9.67. The number of hydrogen-bond donors (Lipinski definition) is 3. The SMILES string of the molecule is COCCN1CCN(c2ccc3[nH]cc(NC(=O)Nc4ccc(C(F)(F)F)cc4)c3n2)CC1. The zero-order chi connectivity index (χ0) is 23.4. The van der Waals surface area contributed by atoms with Crippen LogP contribution in [0.5, 0.6) is 0 Å². The number of piperazine rings is 1. The van der Waals surface area contributed by atoms with Gasteiger partial charge in [0, 0.05) is 51.7 Å². The molecule has 0 bridgehead atoms. The zero-order valence-corrected chi connectivity index (χ0v) is 18.1. The maximum atomic E-state index is 12.7. The summed E-state index contributed by atoms with van der Waals surface area (Å²) in [6.07, 6.45) is -2.79. The number of rotatable bonds is 6. The number of hydrogen-bond acceptors (Lipinski definition) is 5. The standard InChI is InChI=1S/C22H25F3N6O2/c1-33-13-12-30-8-10-31(11-9-30)19-7-6-17-20(29-19)18(14-26-17)28-21(32)27-16-4-2-15(3-5-16)22(23,24)25/h2-7,14,26H,8-13H2,1H3,(H2,27,28,32). The molecular weight excluding hydrogens is 437 g/mol. The van der Waals surface area contributed by atoms with Crippen LogP contribution in [0.1, 0.15) is 5.56 Å². The third kappa shape index (κ3) is 5.55. The van der Waals surface area contributed by atoms with Gasteiger partial charge in [-0.2, -0.15) is 13.2 Å². The number of aromatic nitrogens is 2. The van der Waals surface area contributed by atoms with Gasteiger partial charge in [-0.15, -0.1) is 0 Å². The molecule has 1 fully saturated rings. The van der Waals surface area contributed by atoms with E-state index in [2.05, 4.69) is 25.4 Å². The van der Waals surface area contributed by atoms with E-state index < -0.39 is 17.8 Å². The summed E-state index contributed by atoms with van der Waals surface area (Å²) in [5.41, 5.74) is 1.33. The second-order valence-electron chi connectivity index (χ2n) is 7.74. The Morgan fingerprint density at radius 3 is 2.48 bits per heavy atom. The summed E-state index contributed by atoms with van der Waals surface area (Å²) in [5.74, 6) is 0.819. The summed E-state index contributed by atoms with van der Waals surface area (Å²) in [7, 11) is 1.70. The Kier molecular flexibility index (Phi) is 6.70. The first kappa shape index (κ1) is 22.9. The summed E-state index contributed by atoms with van der Waals surface area (Å²) in [6, 6.07) is 7.54. The Balaban J connectivity index is 1.41. The van der Waals surface area contributed by atoms with Gasteiger partial charge < -0.3 is 25.3 Å². The van der Waals surface area contributed by atoms with Crippen LogP contribution in [0.4, 0.5) is 35.2 Å². The molecule has 2 aromatic heterocycles. The average molecular weight is 462 g/mol. The van der Waals surface area contributed by atoms with Crippen molar-refractivity contribution < 1.29 is 22.7 Å². The van der Waals surface area contributed by atoms with E-state index in [1.165, 1.54) is 12.1 Å². The molecule has 3 aromatic rings. The summed E-state index contributed by atoms with van der Waals surface area (Å²) in [6.45, 7) is 5.11. The minimum Gasteiger partial charge on any atom is -0.383 e. The lowest BCUT2D eigenvalue weighted by molar-refractivity contribution is -0.137. The van der Waals surface area contributed by atoms with Crippen LogP contribution in [0.15, 0.2) is 42.6 Å². The van der Waals surface area contributed by atoms with E-state index in [-0.39, 0.29) is 5.69 Å². The Bertz CT molecular complexity index is 1090. The van der Waals surface area contributed by atoms with Crippen molar-refractivity contribution in [3.8, 4) is 0 Å². The summed E-state index contributed by atoms with van der Waals surface area (Å²) >= 11 is 0. The molecule has 0 saturated carbocycles. The van der Waals surface area contributed by atoms with Crippen molar-refractivity contribution in [2.75, 3.05) is 62.0 Å². The Morgan fingerprint density at radius 2 is 1.82 bits per heavy atom. The van der Waals surface area contributed by atoms with Crippen LogP contribution in [-0.4, -0.2) is 67.3 Å². The molecule has 1 aliphatic heterocycles. The third-order valence-electron chi connectivity index (χ3n) is 5.53. The number of halogens is 3. The van der Waals surface area contributed by atoms with Crippen LogP contribution in [0, 0.1) is 0 Å². The Labute approximate surface area is 188 Å². The molecule has 176 valence electrons. The van der Waals surface area contributed by atoms with Crippen LogP contribution >= 0.6 is 0 Å². The van der Waals surface area contributed by atoms with Crippen molar-refractivity contribution in [1.29, 1.82) is 0 Å². The molecule has 3 heterocycles. The van der Waals surface area contributed by atoms with Gasteiger partial charge in [-0.25, -0.2) is 9.78 Å². The molecular formula is C22H25F3N6O2. The number of anilines is 3. The number of benzene rings is 1. The van der Waals surface area contributed by atoms with Crippen LogP contribution in [0.25, 0.3) is 11.0 Å². The first-order valence-electron chi connectivity index (χ1n) is 10.5. The lowest BCUT2D eigenvalue weighted by Crippen LogP contribution is -2.47. The van der Waals surface area contributed by atoms with Crippen LogP contribution in [0.2, 0.25) is 0 Å². The number of aromatic amines is 1. The molecule has 1 saturated heterocycles. The predicted molar refractivity (Wildman–Crippen MR) is 121 cm³/mol. The number of fused-ring (bicyclic) bond motifs is 1. The van der Waals surface area contributed by atoms with Crippen molar-refractivity contribution >= 4 is 34.3 Å². The highest BCUT2D eigenvalue weighted by Gasteiger charge is 2.30. The maximum Gasteiger partial charge on any atom is 0.416 e. The van der Waals surface area contributed by atoms with Crippen molar-refractivity contribution in [3.63, 3.8) is 0 Å². The van der Waals surface area contributed by atoms with E-state index in [9.17, 15) is 18.0 Å². The fourth-order valence-corrected chi connectivity index (χ4v) is 3.71. The molecule has 0 atom stereocenters. The molecule has 0 spiro atoms. The number of urea groups is 1. The topological polar surface area (TPSA) is 85.5 Å². The van der Waals surface area contributed by atoms with E-state index in [1.54, 1.807) is 13.3 Å². The molecule has 8 nitrogen and oxygen atoms in total. The number of carbonyl (C=O) groups excluding carboxylic acids is 1. The van der Waals surface area contributed by atoms with Gasteiger partial charge in [0.05, 0.1) is 23.4 Å². The van der Waals surface area contributed by atoms with Crippen LogP contribution in [0.3, 0.4) is 0 Å². The fraction of sp³-hybridized carbons (Fsp3) is 0.364. The van der Waals surface area contributed by atoms with Crippen molar-refractivity contribution in [2.45, 2.75) is 6.18 Å². The van der Waals surface area contributed by atoms with E-state index in [0.29, 0.717) is 17.8 Å². The highest BCUT2D eigenvalue weighted by Crippen LogP contribution is 2.30. The molecule has 3 N–H and O–H groups in total. The van der Waals surface area contributed by atoms with Gasteiger partial charge in [-0.1, -0.05) is 0 Å². The average Bonchev–Trinajstić information content (AvgIpc) is 3.19. The summed E-state index contributed by atoms with van der Waals surface area (Å²) < 4.78 is 43.2. The Hall–Kier alpha value is -3.31. The number of ether oxygens (including phenoxy) is 1. The first-order valence-corrected chi connectivity index (χ1v) is 10.5. The number of alkyl halides is 3. The first-order chi connectivity index (χ1) is 15.8. The normalized spacial score (nSPS) is 15.1. The summed E-state index contributed by atoms with van der Waals surface area (Å²) in [5, 5.41) is 5.25. The number of pyridine rings is 1. The number of H-pyrrole nitrogens is 1. The van der Waals surface area contributed by atoms with E-state index in [4.69, 9.17) is 9.72 Å². The van der Waals surface area contributed by atoms with Gasteiger partial charge in [0.25, 0.3) is 0 Å². The Morgan fingerprint density at radius 1 is 1.09 bits per heavy atom. The van der Waals surface area contributed by atoms with Gasteiger partial charge in [-0.3, -0.25) is 4.90 Å². The maximum absolute atomic E-state index is 12.7. The zero-order valence-electron chi connectivity index (χ0n) is 18.1. The van der Waals surface area contributed by atoms with Gasteiger partial charge in [0.15, 0.2) is 0 Å². The smallest absolute Gasteiger partial charge is 0.383 e. The molecule has 0 aliphatic carbocycles. The third-order valence-corrected chi connectivity index (χ3v) is 5.53. The second-order valence-corrected chi connectivity index (χ2v) is 7.74. The van der Waals surface area contributed by atoms with E-state index >= 15 is 0 Å². The minimum absolute atomic E-state index is 0.250. The fourth-order valence-electron chi connectivity index (χ4n) is 3.71. The molecule has 2 amide bonds. The van der Waals surface area contributed by atoms with Gasteiger partial charge >= 0.3 is 12.2 Å². The van der Waals surface area contributed by atoms with Gasteiger partial charge in [0.2, 0.25) is 0 Å². The lowest BCUT2D eigenvalue weighted by atomic mass is 10.2. The van der Waals surface area contributed by atoms with Crippen molar-refractivity contribution in [3.05, 3.63) is 48.2 Å². The van der Waals surface area contributed by atoms with Crippen molar-refractivity contribution in [1.82, 2.24) is 14.9 Å². The quantitative estimate of drug-likeness (QED) is 0.516. The molecule has 1 aromatic carbocycles. The molecule has 11 heteroatoms. The van der Waals surface area contributed by atoms with Crippen molar-refractivity contribution in [2.24, 2.45) is 0 Å². The van der Waals surface area contributed by atoms with Crippen LogP contribution < -0.4 is 15.5 Å². The van der Waals surface area contributed by atoms with Gasteiger partial charge in [-0.05, 0) is 36.4 Å². The number of carbonyl (C=O) groups is 1. The number of nitrogens with one attached hydrogen (secondary N) is 3. The number of amides is 2. The number of nitrogens with zero attached hydrogens (tertiary/aromatic N) is 3. The predicted octanol–water partition coefficient (Wildman–Crippen LogP) is 3.99. The largest absolute Gasteiger partial charge is 0.416 e. The van der Waals surface area contributed by atoms with E-state index in [0.717, 1.165) is 56.2 Å². The van der Waals surface area contributed by atoms with Crippen LogP contribution in [-0.2, 0) is 10.9 Å². The highest BCUT2D eigenvalue weighted by molar-refractivity contribution is 6.05. The molecule has 0 unspecified atom stereocenters. The minimum atomic E-state index is -4.43. The van der Waals surface area contributed by atoms with E-state index in [1.807, 2.05) is 12.1 Å². The van der Waals surface area contributed by atoms with Gasteiger partial charge in [0.1, 0.15) is 11.3 Å². The molecule has 1 aliphatic rings.